The largest absolute Gasteiger partial charge is 0.388 e. The van der Waals surface area contributed by atoms with Crippen molar-refractivity contribution in [2.45, 2.75) is 53.1 Å². The van der Waals surface area contributed by atoms with E-state index in [0.717, 1.165) is 22.0 Å². The number of aliphatic hydroxyl groups excluding tert-OH is 1. The number of aliphatic hydroxyl groups is 1. The number of rotatable bonds is 5. The second kappa shape index (κ2) is 8.12. The molecule has 0 aromatic heterocycles. The highest BCUT2D eigenvalue weighted by molar-refractivity contribution is 14.1. The Morgan fingerprint density at radius 2 is 2.23 bits per heavy atom. The van der Waals surface area contributed by atoms with Crippen molar-refractivity contribution in [2.24, 2.45) is 11.3 Å². The van der Waals surface area contributed by atoms with Gasteiger partial charge in [-0.2, -0.15) is 0 Å². The van der Waals surface area contributed by atoms with Crippen LogP contribution in [0.3, 0.4) is 0 Å². The van der Waals surface area contributed by atoms with Crippen LogP contribution >= 0.6 is 22.6 Å². The third-order valence-corrected chi connectivity index (χ3v) is 6.27. The van der Waals surface area contributed by atoms with Crippen LogP contribution in [0.1, 0.15) is 47.0 Å². The van der Waals surface area contributed by atoms with E-state index in [9.17, 15) is 9.90 Å². The zero-order valence-electron chi connectivity index (χ0n) is 13.9. The maximum Gasteiger partial charge on any atom is 0.185 e. The first-order chi connectivity index (χ1) is 10.3. The van der Waals surface area contributed by atoms with Crippen LogP contribution in [0.5, 0.6) is 0 Å². The Balaban J connectivity index is 3.10. The van der Waals surface area contributed by atoms with Crippen LogP contribution < -0.4 is 0 Å². The third kappa shape index (κ3) is 4.11. The van der Waals surface area contributed by atoms with Crippen LogP contribution in [0.4, 0.5) is 0 Å². The van der Waals surface area contributed by atoms with Crippen LogP contribution in [0.15, 0.2) is 33.5 Å². The van der Waals surface area contributed by atoms with E-state index in [1.807, 2.05) is 19.9 Å². The Kier molecular flexibility index (Phi) is 7.08. The molecule has 0 spiro atoms. The molecule has 1 aliphatic carbocycles. The molecule has 0 radical (unpaired) electrons. The molecule has 3 atom stereocenters. The van der Waals surface area contributed by atoms with Crippen molar-refractivity contribution in [1.29, 1.82) is 0 Å². The summed E-state index contributed by atoms with van der Waals surface area (Å²) in [6, 6.07) is 0. The molecule has 2 nitrogen and oxygen atoms in total. The summed E-state index contributed by atoms with van der Waals surface area (Å²) in [6.45, 7) is 11.8. The Hall–Kier alpha value is -0.860. The van der Waals surface area contributed by atoms with Crippen LogP contribution in [0.25, 0.3) is 0 Å². The number of ketones is 1. The zero-order chi connectivity index (χ0) is 16.9. The number of halogens is 1. The van der Waals surface area contributed by atoms with Gasteiger partial charge >= 0.3 is 0 Å². The SMILES string of the molecule is C=C[C@]1(C)C(I)=C(C(=O)/C=C(\C)CCC#CC)[C@H](O)C[C@H]1C. The quantitative estimate of drug-likeness (QED) is 0.311. The number of allylic oxidation sites excluding steroid dienone is 4. The van der Waals surface area contributed by atoms with Crippen LogP contribution in [-0.2, 0) is 4.79 Å². The smallest absolute Gasteiger partial charge is 0.185 e. The molecule has 0 unspecified atom stereocenters. The van der Waals surface area contributed by atoms with Crippen molar-refractivity contribution >= 4 is 28.4 Å². The van der Waals surface area contributed by atoms with E-state index in [0.29, 0.717) is 12.0 Å². The summed E-state index contributed by atoms with van der Waals surface area (Å²) in [5.74, 6) is 6.03. The van der Waals surface area contributed by atoms with Gasteiger partial charge in [-0.05, 0) is 61.3 Å². The van der Waals surface area contributed by atoms with Crippen molar-refractivity contribution in [2.75, 3.05) is 0 Å². The first-order valence-electron chi connectivity index (χ1n) is 7.60. The molecule has 0 aliphatic heterocycles. The van der Waals surface area contributed by atoms with Gasteiger partial charge in [0, 0.05) is 21.0 Å². The summed E-state index contributed by atoms with van der Waals surface area (Å²) >= 11 is 2.20. The molecular weight excluding hydrogens is 387 g/mol. The van der Waals surface area contributed by atoms with Gasteiger partial charge in [0.25, 0.3) is 0 Å². The van der Waals surface area contributed by atoms with E-state index < -0.39 is 6.10 Å². The minimum absolute atomic E-state index is 0.0844. The zero-order valence-corrected chi connectivity index (χ0v) is 16.0. The third-order valence-electron chi connectivity index (χ3n) is 4.53. The highest BCUT2D eigenvalue weighted by Crippen LogP contribution is 2.49. The lowest BCUT2D eigenvalue weighted by molar-refractivity contribution is -0.112. The summed E-state index contributed by atoms with van der Waals surface area (Å²) in [4.78, 5) is 12.6. The number of hydrogen-bond acceptors (Lipinski definition) is 2. The molecule has 0 saturated heterocycles. The molecule has 0 aromatic rings. The number of hydrogen-bond donors (Lipinski definition) is 1. The summed E-state index contributed by atoms with van der Waals surface area (Å²) in [5, 5.41) is 10.4. The lowest BCUT2D eigenvalue weighted by Crippen LogP contribution is -2.36. The molecule has 0 amide bonds. The van der Waals surface area contributed by atoms with Gasteiger partial charge in [-0.1, -0.05) is 25.5 Å². The average Bonchev–Trinajstić information content (AvgIpc) is 2.45. The molecule has 1 aliphatic rings. The van der Waals surface area contributed by atoms with Gasteiger partial charge in [0.2, 0.25) is 0 Å². The molecule has 22 heavy (non-hydrogen) atoms. The lowest BCUT2D eigenvalue weighted by atomic mass is 9.69. The van der Waals surface area contributed by atoms with Crippen molar-refractivity contribution in [1.82, 2.24) is 0 Å². The molecule has 0 heterocycles. The maximum atomic E-state index is 12.6. The number of carbonyl (C=O) groups is 1. The Bertz CT molecular complexity index is 574. The average molecular weight is 412 g/mol. The molecule has 0 saturated carbocycles. The van der Waals surface area contributed by atoms with Gasteiger partial charge in [0.1, 0.15) is 0 Å². The van der Waals surface area contributed by atoms with Gasteiger partial charge in [-0.15, -0.1) is 18.4 Å². The molecule has 0 bridgehead atoms. The molecule has 120 valence electrons. The molecule has 1 rings (SSSR count). The summed E-state index contributed by atoms with van der Waals surface area (Å²) in [6.07, 6.45) is 4.97. The van der Waals surface area contributed by atoms with Crippen molar-refractivity contribution in [3.63, 3.8) is 0 Å². The van der Waals surface area contributed by atoms with E-state index in [1.54, 1.807) is 6.08 Å². The highest BCUT2D eigenvalue weighted by Gasteiger charge is 2.41. The van der Waals surface area contributed by atoms with Crippen molar-refractivity contribution < 1.29 is 9.90 Å². The van der Waals surface area contributed by atoms with Crippen LogP contribution in [0, 0.1) is 23.2 Å². The fourth-order valence-electron chi connectivity index (χ4n) is 2.67. The first-order valence-corrected chi connectivity index (χ1v) is 8.68. The maximum absolute atomic E-state index is 12.6. The van der Waals surface area contributed by atoms with Crippen molar-refractivity contribution in [3.05, 3.63) is 33.5 Å². The fraction of sp³-hybridized carbons (Fsp3) is 0.526. The highest BCUT2D eigenvalue weighted by atomic mass is 127. The second-order valence-corrected chi connectivity index (χ2v) is 7.23. The van der Waals surface area contributed by atoms with Gasteiger partial charge in [0.05, 0.1) is 6.10 Å². The topological polar surface area (TPSA) is 37.3 Å². The normalized spacial score (nSPS) is 28.9. The lowest BCUT2D eigenvalue weighted by Gasteiger charge is -2.40. The van der Waals surface area contributed by atoms with Gasteiger partial charge < -0.3 is 5.11 Å². The predicted molar refractivity (Wildman–Crippen MR) is 101 cm³/mol. The van der Waals surface area contributed by atoms with E-state index in [4.69, 9.17) is 0 Å². The van der Waals surface area contributed by atoms with E-state index in [-0.39, 0.29) is 17.1 Å². The molecule has 0 aromatic carbocycles. The van der Waals surface area contributed by atoms with Gasteiger partial charge in [-0.3, -0.25) is 4.79 Å². The molecule has 3 heteroatoms. The molecule has 0 fully saturated rings. The predicted octanol–water partition coefficient (Wildman–Crippen LogP) is 4.59. The second-order valence-electron chi connectivity index (χ2n) is 6.15. The number of carbonyl (C=O) groups excluding carboxylic acids is 1. The minimum atomic E-state index is -0.693. The van der Waals surface area contributed by atoms with Gasteiger partial charge in [-0.25, -0.2) is 0 Å². The monoisotopic (exact) mass is 412 g/mol. The molecular formula is C19H25IO2. The summed E-state index contributed by atoms with van der Waals surface area (Å²) < 4.78 is 0.911. The Morgan fingerprint density at radius 3 is 2.77 bits per heavy atom. The van der Waals surface area contributed by atoms with E-state index in [2.05, 4.69) is 54.9 Å². The Labute approximate surface area is 147 Å². The van der Waals surface area contributed by atoms with Gasteiger partial charge in [0.15, 0.2) is 5.78 Å². The summed E-state index contributed by atoms with van der Waals surface area (Å²) in [7, 11) is 0. The van der Waals surface area contributed by atoms with Crippen LogP contribution in [0.2, 0.25) is 0 Å². The standard InChI is InChI=1S/C19H25IO2/c1-6-8-9-10-13(3)11-15(21)17-16(22)12-14(4)19(5,7-2)18(17)20/h7,11,14,16,22H,2,9-10,12H2,1,3-5H3/b13-11+/t14-,16-,19+/m1/s1. The van der Waals surface area contributed by atoms with Crippen LogP contribution in [-0.4, -0.2) is 17.0 Å². The Morgan fingerprint density at radius 1 is 1.59 bits per heavy atom. The fourth-order valence-corrected chi connectivity index (χ4v) is 4.05. The minimum Gasteiger partial charge on any atom is -0.388 e. The summed E-state index contributed by atoms with van der Waals surface area (Å²) in [5.41, 5.74) is 1.28. The van der Waals surface area contributed by atoms with Crippen molar-refractivity contribution in [3.8, 4) is 11.8 Å². The molecule has 1 N–H and O–H groups in total. The first kappa shape index (κ1) is 19.2. The van der Waals surface area contributed by atoms with E-state index in [1.165, 1.54) is 0 Å². The van der Waals surface area contributed by atoms with E-state index >= 15 is 0 Å².